The first kappa shape index (κ1) is 22.7. The van der Waals surface area contributed by atoms with E-state index in [1.807, 2.05) is 5.32 Å². The first-order valence-electron chi connectivity index (χ1n) is 7.71. The smallest absolute Gasteiger partial charge is 0.430 e. The maximum absolute atomic E-state index is 13.9. The van der Waals surface area contributed by atoms with Gasteiger partial charge in [-0.15, -0.1) is 0 Å². The van der Waals surface area contributed by atoms with Crippen molar-refractivity contribution in [2.75, 3.05) is 11.9 Å². The highest BCUT2D eigenvalue weighted by atomic mass is 35.5. The van der Waals surface area contributed by atoms with Crippen molar-refractivity contribution in [2.45, 2.75) is 39.5 Å². The van der Waals surface area contributed by atoms with Gasteiger partial charge in [-0.1, -0.05) is 11.6 Å². The number of aliphatic imine (C=N–C) groups is 1. The van der Waals surface area contributed by atoms with Crippen molar-refractivity contribution in [3.8, 4) is 5.75 Å². The lowest BCUT2D eigenvalue weighted by atomic mass is 10.2. The topological polar surface area (TPSA) is 77.0 Å². The van der Waals surface area contributed by atoms with Crippen LogP contribution in [0.4, 0.5) is 28.0 Å². The minimum atomic E-state index is -5.05. The monoisotopic (exact) mass is 412 g/mol. The van der Waals surface area contributed by atoms with Crippen molar-refractivity contribution in [3.63, 3.8) is 0 Å². The number of esters is 1. The van der Waals surface area contributed by atoms with Crippen molar-refractivity contribution in [1.29, 1.82) is 0 Å². The molecule has 0 aliphatic heterocycles. The summed E-state index contributed by atoms with van der Waals surface area (Å²) in [6.07, 6.45) is -6.62. The summed E-state index contributed by atoms with van der Waals surface area (Å²) in [5.41, 5.74) is -2.16. The lowest BCUT2D eigenvalue weighted by molar-refractivity contribution is -0.142. The lowest BCUT2D eigenvalue weighted by Gasteiger charge is -2.14. The fourth-order valence-electron chi connectivity index (χ4n) is 1.79. The number of urea groups is 1. The fourth-order valence-corrected chi connectivity index (χ4v) is 1.98. The van der Waals surface area contributed by atoms with Crippen LogP contribution in [0.1, 0.15) is 27.2 Å². The number of nitrogens with one attached hydrogen (secondary N) is 1. The van der Waals surface area contributed by atoms with Crippen LogP contribution in [-0.4, -0.2) is 36.6 Å². The molecule has 0 aliphatic rings. The molecule has 0 saturated carbocycles. The van der Waals surface area contributed by atoms with Crippen LogP contribution in [0.5, 0.6) is 5.75 Å². The number of halogens is 5. The maximum Gasteiger partial charge on any atom is 0.430 e. The highest BCUT2D eigenvalue weighted by Gasteiger charge is 2.38. The largest absolute Gasteiger partial charge is 0.489 e. The molecule has 11 heteroatoms. The van der Waals surface area contributed by atoms with Crippen LogP contribution in [-0.2, 0) is 9.53 Å². The number of hydrogen-bond acceptors (Lipinski definition) is 4. The summed E-state index contributed by atoms with van der Waals surface area (Å²) in [4.78, 5) is 25.9. The van der Waals surface area contributed by atoms with Gasteiger partial charge in [-0.25, -0.2) is 9.18 Å². The number of ether oxygens (including phenoxy) is 2. The third-order valence-electron chi connectivity index (χ3n) is 2.81. The van der Waals surface area contributed by atoms with Gasteiger partial charge in [0, 0.05) is 6.07 Å². The molecule has 1 aromatic carbocycles. The summed E-state index contributed by atoms with van der Waals surface area (Å²) in [6.45, 7) is 4.63. The molecule has 0 radical (unpaired) electrons. The van der Waals surface area contributed by atoms with Gasteiger partial charge in [0.2, 0.25) is 0 Å². The molecule has 0 aliphatic carbocycles. The van der Waals surface area contributed by atoms with Gasteiger partial charge in [-0.3, -0.25) is 4.79 Å². The van der Waals surface area contributed by atoms with E-state index in [2.05, 4.69) is 9.73 Å². The molecule has 0 saturated heterocycles. The van der Waals surface area contributed by atoms with Crippen LogP contribution in [0.2, 0.25) is 5.02 Å². The van der Waals surface area contributed by atoms with Gasteiger partial charge in [0.15, 0.2) is 0 Å². The predicted octanol–water partition coefficient (Wildman–Crippen LogP) is 4.75. The zero-order valence-electron chi connectivity index (χ0n) is 14.6. The van der Waals surface area contributed by atoms with Crippen LogP contribution in [0.3, 0.4) is 0 Å². The van der Waals surface area contributed by atoms with Crippen molar-refractivity contribution in [2.24, 2.45) is 4.99 Å². The predicted molar refractivity (Wildman–Crippen MR) is 90.9 cm³/mol. The minimum absolute atomic E-state index is 0.0231. The Balaban J connectivity index is 3.07. The van der Waals surface area contributed by atoms with E-state index >= 15 is 0 Å². The lowest BCUT2D eigenvalue weighted by Crippen LogP contribution is -2.28. The average molecular weight is 413 g/mol. The third-order valence-corrected chi connectivity index (χ3v) is 3.10. The van der Waals surface area contributed by atoms with E-state index in [0.717, 1.165) is 12.1 Å². The fraction of sp³-hybridized carbons (Fsp3) is 0.438. The third kappa shape index (κ3) is 7.41. The van der Waals surface area contributed by atoms with E-state index in [4.69, 9.17) is 16.3 Å². The Labute approximate surface area is 157 Å². The summed E-state index contributed by atoms with van der Waals surface area (Å²) in [7, 11) is 0. The van der Waals surface area contributed by atoms with Gasteiger partial charge >= 0.3 is 18.2 Å². The first-order chi connectivity index (χ1) is 12.4. The Morgan fingerprint density at radius 1 is 1.30 bits per heavy atom. The second kappa shape index (κ2) is 9.54. The summed E-state index contributed by atoms with van der Waals surface area (Å²) in [6, 6.07) is 0.328. The van der Waals surface area contributed by atoms with E-state index in [0.29, 0.717) is 0 Å². The van der Waals surface area contributed by atoms with Gasteiger partial charge in [-0.05, 0) is 26.8 Å². The van der Waals surface area contributed by atoms with E-state index in [1.54, 1.807) is 13.8 Å². The SMILES string of the molecule is CCOC(=O)CC(=NC(=O)Nc1cc(OC(C)C)c(Cl)cc1F)C(F)(F)F. The Morgan fingerprint density at radius 3 is 2.44 bits per heavy atom. The van der Waals surface area contributed by atoms with Crippen LogP contribution in [0.25, 0.3) is 0 Å². The average Bonchev–Trinajstić information content (AvgIpc) is 2.50. The van der Waals surface area contributed by atoms with Crippen molar-refractivity contribution < 1.29 is 36.6 Å². The summed E-state index contributed by atoms with van der Waals surface area (Å²) in [5, 5.41) is 1.78. The molecule has 0 atom stereocenters. The van der Waals surface area contributed by atoms with E-state index in [9.17, 15) is 27.2 Å². The molecule has 0 heterocycles. The number of anilines is 1. The number of nitrogens with zero attached hydrogens (tertiary/aromatic N) is 1. The van der Waals surface area contributed by atoms with Gasteiger partial charge in [0.25, 0.3) is 0 Å². The van der Waals surface area contributed by atoms with Crippen LogP contribution >= 0.6 is 11.6 Å². The number of hydrogen-bond donors (Lipinski definition) is 1. The number of benzene rings is 1. The van der Waals surface area contributed by atoms with Gasteiger partial charge < -0.3 is 14.8 Å². The summed E-state index contributed by atoms with van der Waals surface area (Å²) < 4.78 is 62.4. The molecule has 27 heavy (non-hydrogen) atoms. The molecule has 0 bridgehead atoms. The summed E-state index contributed by atoms with van der Waals surface area (Å²) >= 11 is 5.81. The van der Waals surface area contributed by atoms with Crippen LogP contribution in [0, 0.1) is 5.82 Å². The molecule has 6 nitrogen and oxygen atoms in total. The minimum Gasteiger partial charge on any atom is -0.489 e. The molecule has 0 spiro atoms. The first-order valence-corrected chi connectivity index (χ1v) is 8.08. The molecule has 0 fully saturated rings. The van der Waals surface area contributed by atoms with Crippen LogP contribution in [0.15, 0.2) is 17.1 Å². The molecule has 1 N–H and O–H groups in total. The van der Waals surface area contributed by atoms with E-state index in [-0.39, 0.29) is 23.5 Å². The molecule has 1 aromatic rings. The van der Waals surface area contributed by atoms with E-state index < -0.39 is 41.8 Å². The Kier molecular flexibility index (Phi) is 8.01. The number of carbonyl (C=O) groups excluding carboxylic acids is 2. The highest BCUT2D eigenvalue weighted by Crippen LogP contribution is 2.31. The van der Waals surface area contributed by atoms with Crippen molar-refractivity contribution in [3.05, 3.63) is 23.0 Å². The number of alkyl halides is 3. The summed E-state index contributed by atoms with van der Waals surface area (Å²) in [5.74, 6) is -2.18. The van der Waals surface area contributed by atoms with Crippen LogP contribution < -0.4 is 10.1 Å². The van der Waals surface area contributed by atoms with Gasteiger partial charge in [0.05, 0.1) is 29.8 Å². The number of carbonyl (C=O) groups is 2. The number of amides is 2. The van der Waals surface area contributed by atoms with Gasteiger partial charge in [0.1, 0.15) is 17.3 Å². The Bertz CT molecular complexity index is 736. The van der Waals surface area contributed by atoms with Gasteiger partial charge in [-0.2, -0.15) is 18.2 Å². The molecule has 0 aromatic heterocycles. The standard InChI is InChI=1S/C16H17ClF4N2O4/c1-4-26-14(24)7-13(16(19,20)21)23-15(25)22-11-6-12(27-8(2)3)9(17)5-10(11)18/h5-6,8H,4,7H2,1-3H3,(H,22,25). The highest BCUT2D eigenvalue weighted by molar-refractivity contribution is 6.32. The molecule has 2 amide bonds. The maximum atomic E-state index is 13.9. The zero-order chi connectivity index (χ0) is 20.8. The Morgan fingerprint density at radius 2 is 1.93 bits per heavy atom. The normalized spacial score (nSPS) is 12.1. The van der Waals surface area contributed by atoms with Crippen molar-refractivity contribution >= 4 is 35.0 Å². The second-order valence-electron chi connectivity index (χ2n) is 5.40. The van der Waals surface area contributed by atoms with E-state index in [1.165, 1.54) is 6.92 Å². The molecule has 1 rings (SSSR count). The zero-order valence-corrected chi connectivity index (χ0v) is 15.4. The molecule has 150 valence electrons. The Hall–Kier alpha value is -2.36. The number of rotatable bonds is 6. The molecular weight excluding hydrogens is 396 g/mol. The second-order valence-corrected chi connectivity index (χ2v) is 5.80. The molecule has 0 unspecified atom stereocenters. The quantitative estimate of drug-likeness (QED) is 0.415. The molecular formula is C16H17ClF4N2O4. The van der Waals surface area contributed by atoms with Crippen molar-refractivity contribution in [1.82, 2.24) is 0 Å².